The highest BCUT2D eigenvalue weighted by atomic mass is 16.5. The molecule has 9 nitrogen and oxygen atoms in total. The summed E-state index contributed by atoms with van der Waals surface area (Å²) in [6.45, 7) is 12.8. The summed E-state index contributed by atoms with van der Waals surface area (Å²) in [6, 6.07) is 7.61. The Morgan fingerprint density at radius 1 is 0.930 bits per heavy atom. The van der Waals surface area contributed by atoms with Crippen LogP contribution in [0.25, 0.3) is 0 Å². The van der Waals surface area contributed by atoms with Gasteiger partial charge >= 0.3 is 5.97 Å². The highest BCUT2D eigenvalue weighted by Gasteiger charge is 2.38. The van der Waals surface area contributed by atoms with Gasteiger partial charge in [0.25, 0.3) is 0 Å². The molecular weight excluding hydrogens is 544 g/mol. The number of piperidine rings is 1. The Hall–Kier alpha value is -3.20. The smallest absolute Gasteiger partial charge is 0.329 e. The minimum absolute atomic E-state index is 0.00996. The van der Waals surface area contributed by atoms with Crippen molar-refractivity contribution in [2.24, 2.45) is 11.8 Å². The SMILES string of the molecule is C/C(=C\[C@H](C(C)C)N(C)C(=O)[C@@H](NC(=O)C1CCCCN1C)C(C)C)C(=O)N1CCC[C@H]1C(=O)O[C@@H](C)c1ccccc1. The van der Waals surface area contributed by atoms with Crippen molar-refractivity contribution in [3.8, 4) is 0 Å². The normalized spacial score (nSPS) is 21.8. The van der Waals surface area contributed by atoms with Crippen LogP contribution in [0.3, 0.4) is 0 Å². The number of benzene rings is 1. The van der Waals surface area contributed by atoms with E-state index >= 15 is 0 Å². The predicted molar refractivity (Wildman–Crippen MR) is 168 cm³/mol. The third-order valence-electron chi connectivity index (χ3n) is 8.89. The minimum atomic E-state index is -0.678. The van der Waals surface area contributed by atoms with E-state index in [1.807, 2.05) is 78.1 Å². The number of carbonyl (C=O) groups excluding carboxylic acids is 4. The molecule has 1 aromatic carbocycles. The lowest BCUT2D eigenvalue weighted by atomic mass is 9.96. The van der Waals surface area contributed by atoms with Gasteiger partial charge in [-0.3, -0.25) is 19.3 Å². The number of amides is 3. The molecule has 1 N–H and O–H groups in total. The van der Waals surface area contributed by atoms with E-state index in [4.69, 9.17) is 4.74 Å². The standard InChI is InChI=1S/C34H52N4O5/c1-22(2)29(37(8)33(41)30(23(3)4)35-31(39)27-17-12-13-19-36(27)7)21-24(5)32(40)38-20-14-18-28(38)34(42)43-25(6)26-15-10-9-11-16-26/h9-11,15-16,21-23,25,27-30H,12-14,17-20H2,1-8H3,(H,35,39)/b24-21+/t25-,27?,28-,29+,30-/m0/s1. The fourth-order valence-corrected chi connectivity index (χ4v) is 6.14. The van der Waals surface area contributed by atoms with Gasteiger partial charge in [-0.15, -0.1) is 0 Å². The van der Waals surface area contributed by atoms with Crippen molar-refractivity contribution in [1.82, 2.24) is 20.0 Å². The fourth-order valence-electron chi connectivity index (χ4n) is 6.14. The van der Waals surface area contributed by atoms with E-state index in [1.54, 1.807) is 23.8 Å². The van der Waals surface area contributed by atoms with Crippen molar-refractivity contribution in [2.45, 2.75) is 104 Å². The van der Waals surface area contributed by atoms with Gasteiger partial charge in [0, 0.05) is 19.2 Å². The Balaban J connectivity index is 1.72. The van der Waals surface area contributed by atoms with Crippen LogP contribution in [0.4, 0.5) is 0 Å². The Kier molecular flexibility index (Phi) is 12.4. The van der Waals surface area contributed by atoms with E-state index in [0.717, 1.165) is 37.8 Å². The van der Waals surface area contributed by atoms with Crippen LogP contribution in [-0.4, -0.2) is 89.7 Å². The highest BCUT2D eigenvalue weighted by Crippen LogP contribution is 2.26. The molecule has 238 valence electrons. The first-order chi connectivity index (χ1) is 20.3. The maximum absolute atomic E-state index is 13.8. The van der Waals surface area contributed by atoms with Crippen molar-refractivity contribution < 1.29 is 23.9 Å². The zero-order valence-corrected chi connectivity index (χ0v) is 27.3. The molecule has 9 heteroatoms. The molecule has 2 fully saturated rings. The topological polar surface area (TPSA) is 99.3 Å². The number of esters is 1. The molecule has 0 radical (unpaired) electrons. The molecule has 0 bridgehead atoms. The fraction of sp³-hybridized carbons (Fsp3) is 0.647. The molecule has 0 aromatic heterocycles. The molecule has 43 heavy (non-hydrogen) atoms. The summed E-state index contributed by atoms with van der Waals surface area (Å²) in [5.41, 5.74) is 1.38. The average Bonchev–Trinajstić information content (AvgIpc) is 3.48. The van der Waals surface area contributed by atoms with Gasteiger partial charge in [0.2, 0.25) is 17.7 Å². The second-order valence-electron chi connectivity index (χ2n) is 12.9. The first-order valence-corrected chi connectivity index (χ1v) is 15.9. The van der Waals surface area contributed by atoms with Gasteiger partial charge in [-0.2, -0.15) is 0 Å². The van der Waals surface area contributed by atoms with Gasteiger partial charge < -0.3 is 19.9 Å². The number of hydrogen-bond acceptors (Lipinski definition) is 6. The van der Waals surface area contributed by atoms with Crippen molar-refractivity contribution in [3.63, 3.8) is 0 Å². The molecule has 2 heterocycles. The molecule has 2 saturated heterocycles. The Morgan fingerprint density at radius 2 is 1.58 bits per heavy atom. The summed E-state index contributed by atoms with van der Waals surface area (Å²) in [5.74, 6) is -1.03. The van der Waals surface area contributed by atoms with Crippen LogP contribution < -0.4 is 5.32 Å². The van der Waals surface area contributed by atoms with Crippen molar-refractivity contribution in [2.75, 3.05) is 27.2 Å². The Morgan fingerprint density at radius 3 is 2.19 bits per heavy atom. The zero-order chi connectivity index (χ0) is 31.8. The maximum atomic E-state index is 13.8. The monoisotopic (exact) mass is 596 g/mol. The number of nitrogens with one attached hydrogen (secondary N) is 1. The zero-order valence-electron chi connectivity index (χ0n) is 27.3. The molecule has 2 aliphatic heterocycles. The minimum Gasteiger partial charge on any atom is -0.456 e. The van der Waals surface area contributed by atoms with Crippen molar-refractivity contribution in [1.29, 1.82) is 0 Å². The third-order valence-corrected chi connectivity index (χ3v) is 8.89. The maximum Gasteiger partial charge on any atom is 0.329 e. The molecule has 0 aliphatic carbocycles. The van der Waals surface area contributed by atoms with E-state index in [-0.39, 0.29) is 41.6 Å². The van der Waals surface area contributed by atoms with Gasteiger partial charge in [-0.25, -0.2) is 4.79 Å². The van der Waals surface area contributed by atoms with Crippen molar-refractivity contribution in [3.05, 3.63) is 47.5 Å². The molecule has 3 amide bonds. The Bertz CT molecular complexity index is 1150. The lowest BCUT2D eigenvalue weighted by molar-refractivity contribution is -0.156. The molecule has 3 rings (SSSR count). The highest BCUT2D eigenvalue weighted by molar-refractivity contribution is 5.96. The van der Waals surface area contributed by atoms with E-state index in [1.165, 1.54) is 0 Å². The van der Waals surface area contributed by atoms with E-state index in [9.17, 15) is 19.2 Å². The molecule has 1 aromatic rings. The quantitative estimate of drug-likeness (QED) is 0.302. The van der Waals surface area contributed by atoms with Crippen LogP contribution >= 0.6 is 0 Å². The molecule has 2 aliphatic rings. The summed E-state index contributed by atoms with van der Waals surface area (Å²) in [7, 11) is 3.69. The largest absolute Gasteiger partial charge is 0.456 e. The van der Waals surface area contributed by atoms with Crippen LogP contribution in [0.5, 0.6) is 0 Å². The van der Waals surface area contributed by atoms with E-state index in [2.05, 4.69) is 10.2 Å². The van der Waals surface area contributed by atoms with Gasteiger partial charge in [-0.1, -0.05) is 70.5 Å². The molecule has 0 spiro atoms. The number of rotatable bonds is 11. The van der Waals surface area contributed by atoms with Gasteiger partial charge in [0.05, 0.1) is 12.1 Å². The summed E-state index contributed by atoms with van der Waals surface area (Å²) in [4.78, 5) is 59.1. The lowest BCUT2D eigenvalue weighted by Gasteiger charge is -2.36. The van der Waals surface area contributed by atoms with Crippen LogP contribution in [0.1, 0.15) is 85.3 Å². The molecule has 1 unspecified atom stereocenters. The van der Waals surface area contributed by atoms with E-state index < -0.39 is 24.2 Å². The van der Waals surface area contributed by atoms with Gasteiger partial charge in [0.15, 0.2) is 0 Å². The third kappa shape index (κ3) is 8.68. The second-order valence-corrected chi connectivity index (χ2v) is 12.9. The molecule has 5 atom stereocenters. The van der Waals surface area contributed by atoms with Crippen LogP contribution in [0.2, 0.25) is 0 Å². The van der Waals surface area contributed by atoms with Crippen LogP contribution in [-0.2, 0) is 23.9 Å². The summed E-state index contributed by atoms with van der Waals surface area (Å²) in [6.07, 6.45) is 5.53. The average molecular weight is 597 g/mol. The summed E-state index contributed by atoms with van der Waals surface area (Å²) >= 11 is 0. The van der Waals surface area contributed by atoms with Crippen LogP contribution in [0, 0.1) is 11.8 Å². The van der Waals surface area contributed by atoms with Gasteiger partial charge in [-0.05, 0) is 70.5 Å². The summed E-state index contributed by atoms with van der Waals surface area (Å²) in [5, 5.41) is 3.04. The van der Waals surface area contributed by atoms with Crippen LogP contribution in [0.15, 0.2) is 42.0 Å². The number of hydrogen-bond donors (Lipinski definition) is 1. The number of ether oxygens (including phenoxy) is 1. The number of nitrogens with zero attached hydrogens (tertiary/aromatic N) is 3. The van der Waals surface area contributed by atoms with Gasteiger partial charge in [0.1, 0.15) is 18.2 Å². The number of carbonyl (C=O) groups is 4. The van der Waals surface area contributed by atoms with E-state index in [0.29, 0.717) is 18.5 Å². The van der Waals surface area contributed by atoms with Crippen molar-refractivity contribution >= 4 is 23.7 Å². The first-order valence-electron chi connectivity index (χ1n) is 15.9. The predicted octanol–water partition coefficient (Wildman–Crippen LogP) is 4.34. The summed E-state index contributed by atoms with van der Waals surface area (Å²) < 4.78 is 5.76. The second kappa shape index (κ2) is 15.5. The first kappa shape index (κ1) is 34.3. The molecule has 0 saturated carbocycles. The number of likely N-dealkylation sites (N-methyl/N-ethyl adjacent to an activating group) is 2. The number of likely N-dealkylation sites (tertiary alicyclic amines) is 2. The molecular formula is C34H52N4O5. The lowest BCUT2D eigenvalue weighted by Crippen LogP contribution is -2.57. The Labute approximate surface area is 258 Å².